The number of rotatable bonds is 10. The number of carbonyl (C=O) groups is 3. The van der Waals surface area contributed by atoms with Crippen LogP contribution in [0.1, 0.15) is 37.8 Å². The summed E-state index contributed by atoms with van der Waals surface area (Å²) in [5.74, 6) is -2.11. The molecule has 1 amide bonds. The predicted octanol–water partition coefficient (Wildman–Crippen LogP) is 1.03. The van der Waals surface area contributed by atoms with Gasteiger partial charge in [-0.1, -0.05) is 6.07 Å². The smallest absolute Gasteiger partial charge is 0.328 e. The molecule has 162 valence electrons. The standard InChI is InChI=1S/C21H23N5O5/c1-12(2)31-21(30)17(7-6-15(27)11-25-23)26-20(29)18(28)8-14-10-24-16-5-3-4-13(9-22)19(14)16/h3-5,10-12,17-18,24,28H,6-8H2,1-2H3,(H,26,29)/t17-,18-/m0/s1. The van der Waals surface area contributed by atoms with E-state index in [2.05, 4.69) is 21.2 Å². The van der Waals surface area contributed by atoms with Crippen molar-refractivity contribution in [2.75, 3.05) is 0 Å². The highest BCUT2D eigenvalue weighted by Gasteiger charge is 2.27. The number of benzene rings is 1. The summed E-state index contributed by atoms with van der Waals surface area (Å²) < 4.78 is 5.11. The zero-order valence-electron chi connectivity index (χ0n) is 17.2. The van der Waals surface area contributed by atoms with Crippen molar-refractivity contribution in [3.8, 4) is 6.07 Å². The Morgan fingerprint density at radius 3 is 2.77 bits per heavy atom. The van der Waals surface area contributed by atoms with Gasteiger partial charge in [0.05, 0.1) is 17.7 Å². The molecule has 1 aromatic heterocycles. The first-order valence-electron chi connectivity index (χ1n) is 9.65. The van der Waals surface area contributed by atoms with Gasteiger partial charge in [0.15, 0.2) is 0 Å². The minimum Gasteiger partial charge on any atom is -0.461 e. The molecular formula is C21H23N5O5. The molecule has 0 spiro atoms. The first-order chi connectivity index (χ1) is 14.8. The molecule has 1 aromatic carbocycles. The van der Waals surface area contributed by atoms with Gasteiger partial charge in [-0.3, -0.25) is 9.59 Å². The van der Waals surface area contributed by atoms with E-state index in [0.29, 0.717) is 28.2 Å². The van der Waals surface area contributed by atoms with Crippen LogP contribution in [0.5, 0.6) is 0 Å². The van der Waals surface area contributed by atoms with Crippen LogP contribution in [-0.4, -0.2) is 57.0 Å². The van der Waals surface area contributed by atoms with Crippen LogP contribution in [0.2, 0.25) is 0 Å². The predicted molar refractivity (Wildman–Crippen MR) is 110 cm³/mol. The molecular weight excluding hydrogens is 402 g/mol. The van der Waals surface area contributed by atoms with E-state index in [1.807, 2.05) is 0 Å². The summed E-state index contributed by atoms with van der Waals surface area (Å²) >= 11 is 0. The Hall–Kier alpha value is -3.80. The number of ether oxygens (including phenoxy) is 1. The molecule has 0 aliphatic carbocycles. The number of esters is 1. The largest absolute Gasteiger partial charge is 0.461 e. The molecule has 10 heteroatoms. The van der Waals surface area contributed by atoms with Gasteiger partial charge in [-0.2, -0.15) is 10.1 Å². The Kier molecular flexibility index (Phi) is 8.20. The second-order valence-electron chi connectivity index (χ2n) is 7.17. The number of Topliss-reactive ketones (excluding diaryl/α,β-unsaturated/α-hetero) is 1. The lowest BCUT2D eigenvalue weighted by Crippen LogP contribution is -2.47. The molecule has 2 aromatic rings. The molecule has 0 saturated heterocycles. The molecule has 0 aliphatic heterocycles. The lowest BCUT2D eigenvalue weighted by molar-refractivity contribution is -0.152. The topological polar surface area (TPSA) is 169 Å². The van der Waals surface area contributed by atoms with Crippen molar-refractivity contribution in [2.24, 2.45) is 0 Å². The van der Waals surface area contributed by atoms with Gasteiger partial charge in [-0.25, -0.2) is 4.79 Å². The number of nitriles is 1. The Bertz CT molecular complexity index is 1060. The first kappa shape index (κ1) is 23.5. The van der Waals surface area contributed by atoms with Crippen molar-refractivity contribution in [3.05, 3.63) is 41.1 Å². The summed E-state index contributed by atoms with van der Waals surface area (Å²) in [4.78, 5) is 42.0. The molecule has 0 unspecified atom stereocenters. The van der Waals surface area contributed by atoms with Gasteiger partial charge in [0, 0.05) is 29.9 Å². The van der Waals surface area contributed by atoms with Crippen molar-refractivity contribution in [1.82, 2.24) is 10.3 Å². The molecule has 3 N–H and O–H groups in total. The Labute approximate surface area is 178 Å². The fourth-order valence-electron chi connectivity index (χ4n) is 3.06. The van der Waals surface area contributed by atoms with Gasteiger partial charge in [-0.05, 0) is 38.0 Å². The van der Waals surface area contributed by atoms with E-state index in [-0.39, 0.29) is 19.3 Å². The number of aromatic amines is 1. The van der Waals surface area contributed by atoms with Crippen molar-refractivity contribution in [1.29, 1.82) is 5.26 Å². The van der Waals surface area contributed by atoms with E-state index >= 15 is 0 Å². The highest BCUT2D eigenvalue weighted by Crippen LogP contribution is 2.23. The monoisotopic (exact) mass is 425 g/mol. The van der Waals surface area contributed by atoms with Crippen LogP contribution in [0.25, 0.3) is 16.4 Å². The first-order valence-corrected chi connectivity index (χ1v) is 9.65. The number of nitrogens with one attached hydrogen (secondary N) is 2. The van der Waals surface area contributed by atoms with E-state index in [4.69, 9.17) is 10.3 Å². The van der Waals surface area contributed by atoms with E-state index in [1.54, 1.807) is 38.2 Å². The summed E-state index contributed by atoms with van der Waals surface area (Å²) in [6, 6.07) is 6.04. The van der Waals surface area contributed by atoms with Gasteiger partial charge in [0.2, 0.25) is 11.7 Å². The van der Waals surface area contributed by atoms with Gasteiger partial charge in [0.25, 0.3) is 0 Å². The van der Waals surface area contributed by atoms with Crippen LogP contribution >= 0.6 is 0 Å². The number of hydrogen-bond donors (Lipinski definition) is 3. The van der Waals surface area contributed by atoms with Crippen LogP contribution in [-0.2, 0) is 25.5 Å². The van der Waals surface area contributed by atoms with Crippen LogP contribution < -0.4 is 5.32 Å². The lowest BCUT2D eigenvalue weighted by atomic mass is 10.0. The van der Waals surface area contributed by atoms with Gasteiger partial charge >= 0.3 is 12.2 Å². The molecule has 0 fully saturated rings. The molecule has 0 aliphatic rings. The minimum atomic E-state index is -1.50. The summed E-state index contributed by atoms with van der Waals surface area (Å²) in [5, 5.41) is 22.7. The third-order valence-electron chi connectivity index (χ3n) is 4.46. The number of H-pyrrole nitrogens is 1. The molecule has 0 saturated carbocycles. The number of fused-ring (bicyclic) bond motifs is 1. The third-order valence-corrected chi connectivity index (χ3v) is 4.46. The Morgan fingerprint density at radius 1 is 1.39 bits per heavy atom. The van der Waals surface area contributed by atoms with Gasteiger partial charge in [-0.15, -0.1) is 0 Å². The Balaban J connectivity index is 2.13. The third kappa shape index (κ3) is 6.34. The number of aromatic nitrogens is 1. The van der Waals surface area contributed by atoms with Crippen LogP contribution in [0, 0.1) is 11.3 Å². The normalized spacial score (nSPS) is 12.5. The zero-order chi connectivity index (χ0) is 23.0. The quantitative estimate of drug-likeness (QED) is 0.222. The number of aliphatic hydroxyl groups is 1. The molecule has 2 atom stereocenters. The fraction of sp³-hybridized carbons (Fsp3) is 0.381. The van der Waals surface area contributed by atoms with Crippen LogP contribution in [0.3, 0.4) is 0 Å². The van der Waals surface area contributed by atoms with E-state index in [9.17, 15) is 24.8 Å². The molecule has 0 radical (unpaired) electrons. The molecule has 10 nitrogen and oxygen atoms in total. The van der Waals surface area contributed by atoms with Crippen molar-refractivity contribution >= 4 is 34.8 Å². The van der Waals surface area contributed by atoms with Crippen LogP contribution in [0.15, 0.2) is 24.4 Å². The number of amides is 1. The second-order valence-corrected chi connectivity index (χ2v) is 7.17. The summed E-state index contributed by atoms with van der Waals surface area (Å²) in [6.45, 7) is 3.28. The molecule has 1 heterocycles. The Morgan fingerprint density at radius 2 is 2.13 bits per heavy atom. The van der Waals surface area contributed by atoms with Crippen LogP contribution in [0.4, 0.5) is 0 Å². The highest BCUT2D eigenvalue weighted by atomic mass is 16.5. The average Bonchev–Trinajstić information content (AvgIpc) is 3.13. The summed E-state index contributed by atoms with van der Waals surface area (Å²) in [5.41, 5.74) is 10.1. The maximum Gasteiger partial charge on any atom is 0.328 e. The number of nitrogens with zero attached hydrogens (tertiary/aromatic N) is 3. The fourth-order valence-corrected chi connectivity index (χ4v) is 3.06. The number of hydrogen-bond acceptors (Lipinski definition) is 6. The number of carbonyl (C=O) groups excluding carboxylic acids is 3. The average molecular weight is 425 g/mol. The molecule has 31 heavy (non-hydrogen) atoms. The van der Waals surface area contributed by atoms with E-state index in [1.165, 1.54) is 0 Å². The summed E-state index contributed by atoms with van der Waals surface area (Å²) in [7, 11) is 0. The number of aliphatic hydroxyl groups excluding tert-OH is 1. The van der Waals surface area contributed by atoms with Gasteiger partial charge < -0.3 is 25.7 Å². The van der Waals surface area contributed by atoms with E-state index in [0.717, 1.165) is 0 Å². The number of ketones is 1. The van der Waals surface area contributed by atoms with Crippen molar-refractivity contribution in [3.63, 3.8) is 0 Å². The second kappa shape index (κ2) is 10.8. The van der Waals surface area contributed by atoms with Crippen molar-refractivity contribution < 1.29 is 29.0 Å². The summed E-state index contributed by atoms with van der Waals surface area (Å²) in [6.07, 6.45) is 0.00124. The van der Waals surface area contributed by atoms with Gasteiger partial charge in [0.1, 0.15) is 12.1 Å². The minimum absolute atomic E-state index is 0.0907. The SMILES string of the molecule is CC(C)OC(=O)[C@H](CCC(=O)C=[N+]=[N-])NC(=O)[C@@H](O)Cc1c[nH]c2cccc(C#N)c12. The maximum atomic E-state index is 12.5. The maximum absolute atomic E-state index is 12.5. The lowest BCUT2D eigenvalue weighted by Gasteiger charge is -2.20. The van der Waals surface area contributed by atoms with E-state index < -0.39 is 35.9 Å². The molecule has 0 bridgehead atoms. The van der Waals surface area contributed by atoms with Crippen molar-refractivity contribution in [2.45, 2.75) is 51.4 Å². The molecule has 2 rings (SSSR count). The highest BCUT2D eigenvalue weighted by molar-refractivity contribution is 6.25. The zero-order valence-corrected chi connectivity index (χ0v) is 17.2.